The molecule has 4 heteroatoms. The van der Waals surface area contributed by atoms with Crippen molar-refractivity contribution < 1.29 is 14.3 Å². The van der Waals surface area contributed by atoms with Gasteiger partial charge in [-0.2, -0.15) is 5.26 Å². The van der Waals surface area contributed by atoms with Gasteiger partial charge < -0.3 is 4.74 Å². The number of rotatable bonds is 2. The fraction of sp³-hybridized carbons (Fsp3) is 0.438. The first-order valence-corrected chi connectivity index (χ1v) is 6.61. The van der Waals surface area contributed by atoms with Crippen molar-refractivity contribution in [3.63, 3.8) is 0 Å². The van der Waals surface area contributed by atoms with Gasteiger partial charge in [-0.05, 0) is 25.3 Å². The van der Waals surface area contributed by atoms with Crippen molar-refractivity contribution in [1.82, 2.24) is 0 Å². The van der Waals surface area contributed by atoms with Crippen molar-refractivity contribution in [3.8, 4) is 6.07 Å². The molecule has 1 aliphatic carbocycles. The minimum Gasteiger partial charge on any atom is -0.468 e. The predicted molar refractivity (Wildman–Crippen MR) is 72.8 cm³/mol. The highest BCUT2D eigenvalue weighted by molar-refractivity contribution is 6.00. The molecular formula is C16H17NO3. The highest BCUT2D eigenvalue weighted by Crippen LogP contribution is 2.40. The molecule has 1 fully saturated rings. The Kier molecular flexibility index (Phi) is 3.89. The van der Waals surface area contributed by atoms with E-state index in [1.807, 2.05) is 31.2 Å². The third-order valence-electron chi connectivity index (χ3n) is 4.01. The lowest BCUT2D eigenvalue weighted by Crippen LogP contribution is -2.40. The number of benzene rings is 1. The van der Waals surface area contributed by atoms with Gasteiger partial charge in [0, 0.05) is 6.42 Å². The Morgan fingerprint density at radius 3 is 2.85 bits per heavy atom. The summed E-state index contributed by atoms with van der Waals surface area (Å²) in [6.45, 7) is 1.96. The van der Waals surface area contributed by atoms with Crippen molar-refractivity contribution in [3.05, 3.63) is 35.4 Å². The van der Waals surface area contributed by atoms with E-state index < -0.39 is 17.3 Å². The van der Waals surface area contributed by atoms with E-state index in [4.69, 9.17) is 0 Å². The lowest BCUT2D eigenvalue weighted by Gasteiger charge is -2.34. The number of nitriles is 1. The molecule has 0 aromatic heterocycles. The largest absolute Gasteiger partial charge is 0.468 e. The van der Waals surface area contributed by atoms with Gasteiger partial charge in [-0.15, -0.1) is 0 Å². The molecule has 0 radical (unpaired) electrons. The maximum atomic E-state index is 11.9. The van der Waals surface area contributed by atoms with Gasteiger partial charge in [0.2, 0.25) is 0 Å². The second kappa shape index (κ2) is 5.46. The average molecular weight is 271 g/mol. The van der Waals surface area contributed by atoms with Gasteiger partial charge in [-0.3, -0.25) is 9.59 Å². The van der Waals surface area contributed by atoms with Gasteiger partial charge >= 0.3 is 5.97 Å². The van der Waals surface area contributed by atoms with Crippen LogP contribution in [0, 0.1) is 24.2 Å². The van der Waals surface area contributed by atoms with Crippen LogP contribution in [0.2, 0.25) is 0 Å². The minimum absolute atomic E-state index is 0.129. The second-order valence-corrected chi connectivity index (χ2v) is 5.31. The first-order chi connectivity index (χ1) is 9.52. The normalized spacial score (nSPS) is 25.9. The van der Waals surface area contributed by atoms with E-state index >= 15 is 0 Å². The number of nitrogens with zero attached hydrogens (tertiary/aromatic N) is 1. The predicted octanol–water partition coefficient (Wildman–Crippen LogP) is 2.30. The van der Waals surface area contributed by atoms with Crippen molar-refractivity contribution in [2.24, 2.45) is 5.92 Å². The summed E-state index contributed by atoms with van der Waals surface area (Å²) >= 11 is 0. The van der Waals surface area contributed by atoms with Gasteiger partial charge in [0.15, 0.2) is 0 Å². The summed E-state index contributed by atoms with van der Waals surface area (Å²) in [7, 11) is 1.27. The Balaban J connectivity index is 2.39. The van der Waals surface area contributed by atoms with Crippen LogP contribution in [-0.4, -0.2) is 18.9 Å². The standard InChI is InChI=1S/C16H17NO3/c1-11-4-3-5-12(8-11)16(10-17)7-6-14(18)13(9-16)15(19)20-2/h3-5,8,13H,6-7,9H2,1-2H3/t13-,16-/m1/s1. The fourth-order valence-electron chi connectivity index (χ4n) is 2.80. The number of carbonyl (C=O) groups excluding carboxylic acids is 2. The lowest BCUT2D eigenvalue weighted by molar-refractivity contribution is -0.151. The van der Waals surface area contributed by atoms with Crippen LogP contribution in [-0.2, 0) is 19.7 Å². The highest BCUT2D eigenvalue weighted by atomic mass is 16.5. The highest BCUT2D eigenvalue weighted by Gasteiger charge is 2.45. The van der Waals surface area contributed by atoms with E-state index in [-0.39, 0.29) is 18.6 Å². The molecule has 2 atom stereocenters. The van der Waals surface area contributed by atoms with E-state index in [9.17, 15) is 14.9 Å². The number of ether oxygens (including phenoxy) is 1. The zero-order chi connectivity index (χ0) is 14.8. The SMILES string of the molecule is COC(=O)[C@@H]1C[C@](C#N)(c2cccc(C)c2)CCC1=O. The molecule has 1 aromatic carbocycles. The molecule has 0 aliphatic heterocycles. The summed E-state index contributed by atoms with van der Waals surface area (Å²) in [5.41, 5.74) is 1.16. The van der Waals surface area contributed by atoms with Gasteiger partial charge in [0.05, 0.1) is 18.6 Å². The van der Waals surface area contributed by atoms with Crippen LogP contribution in [0.1, 0.15) is 30.4 Å². The molecule has 0 N–H and O–H groups in total. The quantitative estimate of drug-likeness (QED) is 0.611. The van der Waals surface area contributed by atoms with Gasteiger partial charge in [-0.25, -0.2) is 0 Å². The van der Waals surface area contributed by atoms with E-state index in [2.05, 4.69) is 10.8 Å². The molecule has 1 aromatic rings. The van der Waals surface area contributed by atoms with E-state index in [1.165, 1.54) is 7.11 Å². The molecule has 0 saturated heterocycles. The van der Waals surface area contributed by atoms with Crippen LogP contribution < -0.4 is 0 Å². The first kappa shape index (κ1) is 14.3. The second-order valence-electron chi connectivity index (χ2n) is 5.31. The van der Waals surface area contributed by atoms with Crippen LogP contribution in [0.5, 0.6) is 0 Å². The maximum absolute atomic E-state index is 11.9. The zero-order valence-corrected chi connectivity index (χ0v) is 11.7. The van der Waals surface area contributed by atoms with Crippen molar-refractivity contribution >= 4 is 11.8 Å². The molecule has 2 rings (SSSR count). The number of aryl methyl sites for hydroxylation is 1. The maximum Gasteiger partial charge on any atom is 0.316 e. The van der Waals surface area contributed by atoms with Gasteiger partial charge in [-0.1, -0.05) is 29.8 Å². The number of hydrogen-bond donors (Lipinski definition) is 0. The summed E-state index contributed by atoms with van der Waals surface area (Å²) in [6.07, 6.45) is 0.902. The molecule has 0 heterocycles. The zero-order valence-electron chi connectivity index (χ0n) is 11.7. The Labute approximate surface area is 118 Å². The number of carbonyl (C=O) groups is 2. The number of ketones is 1. The minimum atomic E-state index is -0.825. The lowest BCUT2D eigenvalue weighted by atomic mass is 9.66. The fourth-order valence-corrected chi connectivity index (χ4v) is 2.80. The van der Waals surface area contributed by atoms with Crippen LogP contribution >= 0.6 is 0 Å². The smallest absolute Gasteiger partial charge is 0.316 e. The average Bonchev–Trinajstić information content (AvgIpc) is 2.47. The Hall–Kier alpha value is -2.15. The van der Waals surface area contributed by atoms with Crippen molar-refractivity contribution in [2.45, 2.75) is 31.6 Å². The number of methoxy groups -OCH3 is 1. The van der Waals surface area contributed by atoms with Crippen LogP contribution in [0.15, 0.2) is 24.3 Å². The van der Waals surface area contributed by atoms with Crippen molar-refractivity contribution in [1.29, 1.82) is 5.26 Å². The Bertz CT molecular complexity index is 580. The van der Waals surface area contributed by atoms with E-state index in [1.54, 1.807) is 0 Å². The Morgan fingerprint density at radius 1 is 1.50 bits per heavy atom. The summed E-state index contributed by atoms with van der Waals surface area (Å²) in [4.78, 5) is 23.6. The van der Waals surface area contributed by atoms with Gasteiger partial charge in [0.1, 0.15) is 11.7 Å². The van der Waals surface area contributed by atoms with E-state index in [0.29, 0.717) is 6.42 Å². The molecule has 4 nitrogen and oxygen atoms in total. The molecular weight excluding hydrogens is 254 g/mol. The number of Topliss-reactive ketones (excluding diaryl/α,β-unsaturated/α-hetero) is 1. The molecule has 20 heavy (non-hydrogen) atoms. The Morgan fingerprint density at radius 2 is 2.25 bits per heavy atom. The van der Waals surface area contributed by atoms with Crippen molar-refractivity contribution in [2.75, 3.05) is 7.11 Å². The van der Waals surface area contributed by atoms with Crippen LogP contribution in [0.25, 0.3) is 0 Å². The van der Waals surface area contributed by atoms with E-state index in [0.717, 1.165) is 11.1 Å². The molecule has 0 spiro atoms. The summed E-state index contributed by atoms with van der Waals surface area (Å²) < 4.78 is 4.69. The summed E-state index contributed by atoms with van der Waals surface area (Å²) in [5.74, 6) is -1.49. The topological polar surface area (TPSA) is 67.2 Å². The molecule has 0 unspecified atom stereocenters. The third kappa shape index (κ3) is 2.44. The summed E-state index contributed by atoms with van der Waals surface area (Å²) in [5, 5.41) is 9.63. The molecule has 1 saturated carbocycles. The molecule has 0 amide bonds. The van der Waals surface area contributed by atoms with Crippen LogP contribution in [0.3, 0.4) is 0 Å². The number of esters is 1. The third-order valence-corrected chi connectivity index (χ3v) is 4.01. The molecule has 104 valence electrons. The summed E-state index contributed by atoms with van der Waals surface area (Å²) in [6, 6.07) is 10.0. The van der Waals surface area contributed by atoms with Gasteiger partial charge in [0.25, 0.3) is 0 Å². The molecule has 1 aliphatic rings. The monoisotopic (exact) mass is 271 g/mol. The first-order valence-electron chi connectivity index (χ1n) is 6.61. The van der Waals surface area contributed by atoms with Crippen LogP contribution in [0.4, 0.5) is 0 Å². The number of hydrogen-bond acceptors (Lipinski definition) is 4. The molecule has 0 bridgehead atoms.